The molecule has 0 saturated carbocycles. The molecule has 2 N–H and O–H groups in total. The fourth-order valence-electron chi connectivity index (χ4n) is 1.34. The molecule has 0 unspecified atom stereocenters. The van der Waals surface area contributed by atoms with Gasteiger partial charge in [-0.2, -0.15) is 13.5 Å². The van der Waals surface area contributed by atoms with Crippen molar-refractivity contribution in [1.82, 2.24) is 0 Å². The summed E-state index contributed by atoms with van der Waals surface area (Å²) in [5.41, 5.74) is 1.55. The highest BCUT2D eigenvalue weighted by molar-refractivity contribution is 7.59. The Bertz CT molecular complexity index is 416. The van der Waals surface area contributed by atoms with E-state index in [1.165, 1.54) is 0 Å². The van der Waals surface area contributed by atoms with Gasteiger partial charge < -0.3 is 10.6 Å². The molecule has 0 aliphatic carbocycles. The Balaban J connectivity index is 0.00000144. The van der Waals surface area contributed by atoms with E-state index in [9.17, 15) is 4.79 Å². The molecule has 2 amide bonds. The quantitative estimate of drug-likeness (QED) is 0.837. The Morgan fingerprint density at radius 1 is 0.706 bits per heavy atom. The van der Waals surface area contributed by atoms with E-state index in [4.69, 9.17) is 0 Å². The number of urea groups is 1. The standard InChI is InChI=1S/C13H12N2O.H2S/c16-13(14-11-7-3-1-4-8-11)15-12-9-5-2-6-10-12;/h1-10H,(H2,14,15,16);1H2. The zero-order chi connectivity index (χ0) is 11.2. The van der Waals surface area contributed by atoms with Crippen LogP contribution in [0.15, 0.2) is 60.7 Å². The second-order valence-electron chi connectivity index (χ2n) is 3.31. The summed E-state index contributed by atoms with van der Waals surface area (Å²) in [4.78, 5) is 11.6. The number of nitrogens with one attached hydrogen (secondary N) is 2. The monoisotopic (exact) mass is 246 g/mol. The maximum absolute atomic E-state index is 11.6. The molecule has 0 fully saturated rings. The molecule has 2 aromatic carbocycles. The lowest BCUT2D eigenvalue weighted by Gasteiger charge is -2.06. The molecule has 0 atom stereocenters. The molecule has 3 nitrogen and oxygen atoms in total. The van der Waals surface area contributed by atoms with Crippen molar-refractivity contribution in [3.05, 3.63) is 60.7 Å². The number of para-hydroxylation sites is 2. The van der Waals surface area contributed by atoms with Gasteiger partial charge in [0, 0.05) is 11.4 Å². The molecule has 0 spiro atoms. The van der Waals surface area contributed by atoms with Gasteiger partial charge in [-0.05, 0) is 24.3 Å². The first kappa shape index (κ1) is 13.1. The third-order valence-corrected chi connectivity index (χ3v) is 2.06. The second-order valence-corrected chi connectivity index (χ2v) is 3.31. The lowest BCUT2D eigenvalue weighted by Crippen LogP contribution is -2.19. The van der Waals surface area contributed by atoms with Gasteiger partial charge in [0.1, 0.15) is 0 Å². The van der Waals surface area contributed by atoms with E-state index in [0.717, 1.165) is 11.4 Å². The van der Waals surface area contributed by atoms with Gasteiger partial charge >= 0.3 is 6.03 Å². The van der Waals surface area contributed by atoms with Crippen molar-refractivity contribution in [2.24, 2.45) is 0 Å². The van der Waals surface area contributed by atoms with Crippen LogP contribution in [0.5, 0.6) is 0 Å². The fourth-order valence-corrected chi connectivity index (χ4v) is 1.34. The highest BCUT2D eigenvalue weighted by atomic mass is 32.1. The van der Waals surface area contributed by atoms with Crippen LogP contribution in [0.2, 0.25) is 0 Å². The van der Waals surface area contributed by atoms with Crippen LogP contribution in [0.4, 0.5) is 16.2 Å². The normalized spacial score (nSPS) is 8.94. The summed E-state index contributed by atoms with van der Waals surface area (Å²) in [5, 5.41) is 5.48. The van der Waals surface area contributed by atoms with Crippen LogP contribution >= 0.6 is 13.5 Å². The van der Waals surface area contributed by atoms with E-state index in [0.29, 0.717) is 0 Å². The zero-order valence-electron chi connectivity index (χ0n) is 9.18. The molecule has 0 aromatic heterocycles. The first-order valence-corrected chi connectivity index (χ1v) is 5.03. The Hall–Kier alpha value is -1.94. The number of amides is 2. The maximum Gasteiger partial charge on any atom is 0.323 e. The fraction of sp³-hybridized carbons (Fsp3) is 0. The van der Waals surface area contributed by atoms with Gasteiger partial charge in [0.15, 0.2) is 0 Å². The molecule has 0 aliphatic rings. The first-order valence-electron chi connectivity index (χ1n) is 5.03. The van der Waals surface area contributed by atoms with Gasteiger partial charge in [0.2, 0.25) is 0 Å². The molecule has 17 heavy (non-hydrogen) atoms. The van der Waals surface area contributed by atoms with Crippen molar-refractivity contribution in [2.75, 3.05) is 10.6 Å². The van der Waals surface area contributed by atoms with Crippen molar-refractivity contribution in [3.63, 3.8) is 0 Å². The number of hydrogen-bond donors (Lipinski definition) is 2. The molecule has 0 heterocycles. The predicted molar refractivity (Wildman–Crippen MR) is 75.9 cm³/mol. The summed E-state index contributed by atoms with van der Waals surface area (Å²) >= 11 is 0. The summed E-state index contributed by atoms with van der Waals surface area (Å²) in [6.45, 7) is 0. The number of anilines is 2. The Labute approximate surface area is 107 Å². The van der Waals surface area contributed by atoms with Crippen molar-refractivity contribution in [2.45, 2.75) is 0 Å². The topological polar surface area (TPSA) is 41.1 Å². The van der Waals surface area contributed by atoms with E-state index in [1.807, 2.05) is 60.7 Å². The minimum absolute atomic E-state index is 0. The predicted octanol–water partition coefficient (Wildman–Crippen LogP) is 3.44. The molecule has 0 bridgehead atoms. The molecule has 0 aliphatic heterocycles. The molecule has 4 heteroatoms. The van der Waals surface area contributed by atoms with E-state index in [1.54, 1.807) is 0 Å². The van der Waals surface area contributed by atoms with Gasteiger partial charge in [0.25, 0.3) is 0 Å². The maximum atomic E-state index is 11.6. The molecule has 2 rings (SSSR count). The SMILES string of the molecule is O=C(Nc1ccccc1)Nc1ccccc1.S. The Morgan fingerprint density at radius 2 is 1.06 bits per heavy atom. The smallest absolute Gasteiger partial charge is 0.308 e. The largest absolute Gasteiger partial charge is 0.323 e. The third-order valence-electron chi connectivity index (χ3n) is 2.06. The molecular weight excluding hydrogens is 232 g/mol. The van der Waals surface area contributed by atoms with Crippen molar-refractivity contribution in [1.29, 1.82) is 0 Å². The van der Waals surface area contributed by atoms with Gasteiger partial charge in [-0.3, -0.25) is 0 Å². The molecular formula is C13H14N2OS. The number of carbonyl (C=O) groups is 1. The average molecular weight is 246 g/mol. The zero-order valence-corrected chi connectivity index (χ0v) is 10.2. The van der Waals surface area contributed by atoms with E-state index in [2.05, 4.69) is 10.6 Å². The van der Waals surface area contributed by atoms with Crippen LogP contribution in [0, 0.1) is 0 Å². The Morgan fingerprint density at radius 3 is 1.41 bits per heavy atom. The van der Waals surface area contributed by atoms with Crippen molar-refractivity contribution >= 4 is 30.9 Å². The van der Waals surface area contributed by atoms with E-state index in [-0.39, 0.29) is 19.5 Å². The van der Waals surface area contributed by atoms with Crippen LogP contribution in [-0.4, -0.2) is 6.03 Å². The van der Waals surface area contributed by atoms with Crippen LogP contribution in [-0.2, 0) is 0 Å². The van der Waals surface area contributed by atoms with E-state index >= 15 is 0 Å². The summed E-state index contributed by atoms with van der Waals surface area (Å²) in [7, 11) is 0. The first-order chi connectivity index (χ1) is 7.84. The summed E-state index contributed by atoms with van der Waals surface area (Å²) < 4.78 is 0. The average Bonchev–Trinajstić information content (AvgIpc) is 2.31. The summed E-state index contributed by atoms with van der Waals surface area (Å²) in [6.07, 6.45) is 0. The molecule has 88 valence electrons. The third kappa shape index (κ3) is 4.20. The highest BCUT2D eigenvalue weighted by Gasteiger charge is 2.00. The lowest BCUT2D eigenvalue weighted by molar-refractivity contribution is 0.262. The summed E-state index contributed by atoms with van der Waals surface area (Å²) in [5.74, 6) is 0. The highest BCUT2D eigenvalue weighted by Crippen LogP contribution is 2.08. The molecule has 0 saturated heterocycles. The van der Waals surface area contributed by atoms with Gasteiger partial charge in [-0.25, -0.2) is 4.79 Å². The Kier molecular flexibility index (Phi) is 5.10. The van der Waals surface area contributed by atoms with Crippen molar-refractivity contribution < 1.29 is 4.79 Å². The molecule has 0 radical (unpaired) electrons. The molecule has 2 aromatic rings. The summed E-state index contributed by atoms with van der Waals surface area (Å²) in [6, 6.07) is 18.4. The lowest BCUT2D eigenvalue weighted by atomic mass is 10.3. The minimum atomic E-state index is -0.239. The van der Waals surface area contributed by atoms with Gasteiger partial charge in [0.05, 0.1) is 0 Å². The van der Waals surface area contributed by atoms with Gasteiger partial charge in [-0.15, -0.1) is 0 Å². The van der Waals surface area contributed by atoms with Crippen LogP contribution in [0.3, 0.4) is 0 Å². The van der Waals surface area contributed by atoms with E-state index < -0.39 is 0 Å². The van der Waals surface area contributed by atoms with Crippen LogP contribution < -0.4 is 10.6 Å². The van der Waals surface area contributed by atoms with Gasteiger partial charge in [-0.1, -0.05) is 36.4 Å². The van der Waals surface area contributed by atoms with Crippen LogP contribution in [0.1, 0.15) is 0 Å². The van der Waals surface area contributed by atoms with Crippen LogP contribution in [0.25, 0.3) is 0 Å². The second kappa shape index (κ2) is 6.60. The number of rotatable bonds is 2. The number of carbonyl (C=O) groups excluding carboxylic acids is 1. The number of hydrogen-bond acceptors (Lipinski definition) is 1. The minimum Gasteiger partial charge on any atom is -0.308 e. The number of benzene rings is 2. The van der Waals surface area contributed by atoms with Crippen molar-refractivity contribution in [3.8, 4) is 0 Å².